The molecule has 4 bridgehead atoms. The van der Waals surface area contributed by atoms with Crippen molar-refractivity contribution in [3.63, 3.8) is 0 Å². The van der Waals surface area contributed by atoms with Crippen LogP contribution in [0.15, 0.2) is 24.3 Å². The topological polar surface area (TPSA) is 173 Å². The molecule has 95 heavy (non-hydrogen) atoms. The second-order valence-electron chi connectivity index (χ2n) is 32.2. The number of piperidine rings is 1. The molecule has 1 saturated heterocycles. The van der Waals surface area contributed by atoms with Gasteiger partial charge in [0.2, 0.25) is 0 Å². The van der Waals surface area contributed by atoms with Crippen molar-refractivity contribution in [1.29, 1.82) is 0 Å². The van der Waals surface area contributed by atoms with E-state index >= 15 is 0 Å². The van der Waals surface area contributed by atoms with Gasteiger partial charge in [0.15, 0.2) is 17.6 Å². The van der Waals surface area contributed by atoms with Crippen molar-refractivity contribution in [1.82, 2.24) is 4.90 Å². The number of hydrogen-bond donors (Lipinski definition) is 1. The van der Waals surface area contributed by atoms with Crippen molar-refractivity contribution in [2.75, 3.05) is 33.4 Å². The van der Waals surface area contributed by atoms with Gasteiger partial charge in [-0.15, -0.1) is 0 Å². The minimum absolute atomic E-state index is 0.0606. The van der Waals surface area contributed by atoms with Crippen LogP contribution < -0.4 is 14.2 Å². The molecule has 2 heterocycles. The molecule has 0 amide bonds. The number of aliphatic hydroxyl groups is 1. The Kier molecular flexibility index (Phi) is 28.1. The van der Waals surface area contributed by atoms with Gasteiger partial charge >= 0.3 is 29.8 Å². The lowest BCUT2D eigenvalue weighted by molar-refractivity contribution is -0.312. The molecule has 2 aromatic carbocycles. The first-order valence-corrected chi connectivity index (χ1v) is 38.3. The molecule has 5 fully saturated rings. The van der Waals surface area contributed by atoms with Crippen LogP contribution in [-0.4, -0.2) is 103 Å². The molecule has 7 aliphatic rings. The van der Waals surface area contributed by atoms with Crippen molar-refractivity contribution in [2.45, 2.75) is 354 Å². The highest BCUT2D eigenvalue weighted by Gasteiger charge is 2.82. The van der Waals surface area contributed by atoms with Crippen LogP contribution in [0.2, 0.25) is 0 Å². The summed E-state index contributed by atoms with van der Waals surface area (Å²) in [7, 11) is 1.80. The van der Waals surface area contributed by atoms with Gasteiger partial charge in [0, 0.05) is 65.8 Å². The van der Waals surface area contributed by atoms with Crippen LogP contribution in [0.25, 0.3) is 0 Å². The molecule has 0 aromatic heterocycles. The van der Waals surface area contributed by atoms with E-state index < -0.39 is 58.0 Å². The lowest BCUT2D eigenvalue weighted by Gasteiger charge is -2.75. The van der Waals surface area contributed by atoms with E-state index in [4.69, 9.17) is 33.2 Å². The van der Waals surface area contributed by atoms with Crippen LogP contribution in [0, 0.1) is 36.5 Å². The van der Waals surface area contributed by atoms with Crippen LogP contribution in [0.3, 0.4) is 0 Å². The maximum atomic E-state index is 14.7. The molecule has 2 aromatic rings. The van der Waals surface area contributed by atoms with Crippen LogP contribution in [0.1, 0.15) is 321 Å². The van der Waals surface area contributed by atoms with Crippen LogP contribution in [0.5, 0.6) is 17.2 Å². The molecule has 9 rings (SSSR count). The van der Waals surface area contributed by atoms with E-state index in [-0.39, 0.29) is 73.9 Å². The summed E-state index contributed by atoms with van der Waals surface area (Å²) in [6, 6.07) is 8.15. The minimum atomic E-state index is -1.07. The highest BCUT2D eigenvalue weighted by atomic mass is 16.6. The summed E-state index contributed by atoms with van der Waals surface area (Å²) in [6.45, 7) is 22.1. The molecule has 2 spiro atoms. The van der Waals surface area contributed by atoms with Crippen molar-refractivity contribution >= 4 is 29.8 Å². The molecule has 14 heteroatoms. The normalized spacial score (nSPS) is 23.2. The Morgan fingerprint density at radius 3 is 1.65 bits per heavy atom. The number of rotatable bonds is 45. The number of benzene rings is 2. The van der Waals surface area contributed by atoms with Crippen molar-refractivity contribution in [3.05, 3.63) is 52.1 Å². The van der Waals surface area contributed by atoms with Crippen molar-refractivity contribution in [3.8, 4) is 17.2 Å². The highest BCUT2D eigenvalue weighted by Crippen LogP contribution is 2.78. The first kappa shape index (κ1) is 76.2. The Bertz CT molecular complexity index is 2790. The van der Waals surface area contributed by atoms with Crippen molar-refractivity contribution in [2.24, 2.45) is 22.7 Å². The van der Waals surface area contributed by atoms with Gasteiger partial charge in [-0.25, -0.2) is 0 Å². The SMILES string of the molecule is CCCCCCCCCCCCCCCC(=O)OCC(COC(=O)CCCCCCCCCCCCCCC)OC(=O)CCC(=O)Oc1cc(C)cc(C)c1C(C)(C)CC(=O)Oc1ccc2c3c1O[C@H]1C4(OC)CC[C@@]5(C[C@@H]4[C@](C)(O)C(C)(C)C)C(C2)N(CC2CC2)CC[C@]315. The van der Waals surface area contributed by atoms with E-state index in [1.807, 2.05) is 46.8 Å². The monoisotopic (exact) mass is 1320 g/mol. The number of aryl methyl sites for hydroxylation is 2. The Labute approximate surface area is 573 Å². The zero-order valence-electron chi connectivity index (χ0n) is 61.2. The number of unbranched alkanes of at least 4 members (excludes halogenated alkanes) is 24. The van der Waals surface area contributed by atoms with Gasteiger partial charge in [0.1, 0.15) is 30.7 Å². The molecule has 14 nitrogen and oxygen atoms in total. The Morgan fingerprint density at radius 1 is 0.621 bits per heavy atom. The largest absolute Gasteiger partial charge is 0.482 e. The third kappa shape index (κ3) is 18.9. The second kappa shape index (κ2) is 35.0. The first-order chi connectivity index (χ1) is 45.5. The molecule has 2 aliphatic heterocycles. The number of esters is 5. The Morgan fingerprint density at radius 2 is 1.14 bits per heavy atom. The van der Waals surface area contributed by atoms with E-state index in [2.05, 4.69) is 45.6 Å². The summed E-state index contributed by atoms with van der Waals surface area (Å²) in [5.41, 5.74) is 1.03. The van der Waals surface area contributed by atoms with Gasteiger partial charge in [-0.2, -0.15) is 0 Å². The molecule has 2 unspecified atom stereocenters. The van der Waals surface area contributed by atoms with E-state index in [1.54, 1.807) is 13.2 Å². The maximum Gasteiger partial charge on any atom is 0.312 e. The van der Waals surface area contributed by atoms with Gasteiger partial charge < -0.3 is 38.3 Å². The first-order valence-electron chi connectivity index (χ1n) is 38.3. The van der Waals surface area contributed by atoms with E-state index in [9.17, 15) is 29.1 Å². The molecule has 1 N–H and O–H groups in total. The molecule has 0 radical (unpaired) electrons. The predicted molar refractivity (Wildman–Crippen MR) is 375 cm³/mol. The Hall–Kier alpha value is -4.53. The summed E-state index contributed by atoms with van der Waals surface area (Å²) < 4.78 is 44.0. The number of hydrogen-bond acceptors (Lipinski definition) is 14. The van der Waals surface area contributed by atoms with Crippen LogP contribution in [0.4, 0.5) is 0 Å². The third-order valence-electron chi connectivity index (χ3n) is 23.7. The molecular weight excluding hydrogens is 1190 g/mol. The number of ether oxygens (including phenoxy) is 7. The quantitative estimate of drug-likeness (QED) is 0.0287. The molecule has 534 valence electrons. The summed E-state index contributed by atoms with van der Waals surface area (Å²) in [5, 5.41) is 12.8. The van der Waals surface area contributed by atoms with Crippen LogP contribution in [-0.2, 0) is 60.2 Å². The fourth-order valence-electron chi connectivity index (χ4n) is 18.0. The van der Waals surface area contributed by atoms with Gasteiger partial charge in [-0.1, -0.05) is 215 Å². The molecular formula is C81H127NO13. The summed E-state index contributed by atoms with van der Waals surface area (Å²) in [5.74, 6) is -0.804. The lowest BCUT2D eigenvalue weighted by atomic mass is 9.33. The third-order valence-corrected chi connectivity index (χ3v) is 23.7. The smallest absolute Gasteiger partial charge is 0.312 e. The number of carbonyl (C=O) groups is 5. The summed E-state index contributed by atoms with van der Waals surface area (Å²) in [6.07, 6.45) is 36.4. The van der Waals surface area contributed by atoms with E-state index in [0.29, 0.717) is 35.9 Å². The molecule has 5 aliphatic carbocycles. The molecule has 4 saturated carbocycles. The minimum Gasteiger partial charge on any atom is -0.482 e. The predicted octanol–water partition coefficient (Wildman–Crippen LogP) is 18.2. The van der Waals surface area contributed by atoms with E-state index in [1.165, 1.54) is 140 Å². The van der Waals surface area contributed by atoms with Gasteiger partial charge in [0.25, 0.3) is 0 Å². The number of nitrogens with zero attached hydrogens (tertiary/aromatic N) is 1. The van der Waals surface area contributed by atoms with Gasteiger partial charge in [-0.05, 0) is 125 Å². The second-order valence-corrected chi connectivity index (χ2v) is 32.2. The number of carbonyl (C=O) groups excluding carboxylic acids is 5. The van der Waals surface area contributed by atoms with E-state index in [0.717, 1.165) is 101 Å². The average Bonchev–Trinajstić information content (AvgIpc) is 1.55. The number of methoxy groups -OCH3 is 1. The van der Waals surface area contributed by atoms with Crippen molar-refractivity contribution < 1.29 is 62.2 Å². The summed E-state index contributed by atoms with van der Waals surface area (Å²) in [4.78, 5) is 70.9. The Balaban J connectivity index is 0.860. The fourth-order valence-corrected chi connectivity index (χ4v) is 18.0. The maximum absolute atomic E-state index is 14.7. The lowest BCUT2D eigenvalue weighted by Crippen LogP contribution is -2.83. The average molecular weight is 1320 g/mol. The summed E-state index contributed by atoms with van der Waals surface area (Å²) >= 11 is 0. The van der Waals surface area contributed by atoms with Gasteiger partial charge in [-0.3, -0.25) is 28.9 Å². The fraction of sp³-hybridized carbons (Fsp3) is 0.790. The zero-order chi connectivity index (χ0) is 68.4. The molecule has 7 atom stereocenters. The number of likely N-dealkylation sites (tertiary alicyclic amines) is 1. The zero-order valence-corrected chi connectivity index (χ0v) is 61.2. The van der Waals surface area contributed by atoms with Gasteiger partial charge in [0.05, 0.1) is 24.9 Å². The number of fused-ring (bicyclic) bond motifs is 2. The van der Waals surface area contributed by atoms with Crippen LogP contribution >= 0.6 is 0 Å². The highest BCUT2D eigenvalue weighted by molar-refractivity contribution is 5.80. The standard InChI is InChI=1S/C81H127NO13/c1-12-14-16-18-20-22-24-26-28-30-32-34-36-38-67(83)90-56-62(57-91-68(84)39-37-35-33-31-29-27-25-23-21-19-17-15-13-2)92-69(85)44-45-70(86)94-64-51-58(3)50-59(4)72(64)77(8,9)54-71(87)93-63-43-42-61-52-66-79-46-47-81(89-11,65(53-79)78(10,88)76(5,6)7)75-80(79,73(61)74(63)95-75)48-49-82(66)55-60-40-41-60/h42-43,50-51,60,62,65-66,75,88H,12-41,44-49,52-57H2,1-11H3/t65-,66?,75-,78+,79-,80+,81?/m1/s1.